The Labute approximate surface area is 241 Å². The molecular formula is C30H40N8O3. The maximum Gasteiger partial charge on any atom is 0.343 e. The van der Waals surface area contributed by atoms with Crippen LogP contribution in [0.3, 0.4) is 0 Å². The number of benzene rings is 1. The van der Waals surface area contributed by atoms with Gasteiger partial charge in [-0.05, 0) is 59.0 Å². The Morgan fingerprint density at radius 2 is 1.98 bits per heavy atom. The van der Waals surface area contributed by atoms with E-state index < -0.39 is 5.97 Å². The number of anilines is 6. The number of carbonyl (C=O) groups excluding carboxylic acids is 1. The topological polar surface area (TPSA) is 122 Å². The average Bonchev–Trinajstić information content (AvgIpc) is 3.28. The third kappa shape index (κ3) is 5.58. The van der Waals surface area contributed by atoms with Crippen LogP contribution in [-0.2, 0) is 10.2 Å². The SMILES string of the molecule is COc1cc(N(C)CCN(C)C)c(N)cc1Nc1ncc(C(=O)OC(C)C)c(N2CC3(CCC3)c3ncccc32)n1. The summed E-state index contributed by atoms with van der Waals surface area (Å²) in [7, 11) is 7.69. The zero-order chi connectivity index (χ0) is 29.3. The number of rotatable bonds is 10. The molecule has 2 aromatic heterocycles. The van der Waals surface area contributed by atoms with Gasteiger partial charge in [-0.2, -0.15) is 4.98 Å². The fourth-order valence-electron chi connectivity index (χ4n) is 5.51. The van der Waals surface area contributed by atoms with Gasteiger partial charge in [-0.1, -0.05) is 6.42 Å². The Kier molecular flexibility index (Phi) is 7.90. The van der Waals surface area contributed by atoms with Crippen molar-refractivity contribution in [2.75, 3.05) is 68.7 Å². The van der Waals surface area contributed by atoms with Crippen LogP contribution in [-0.4, -0.2) is 79.8 Å². The summed E-state index contributed by atoms with van der Waals surface area (Å²) < 4.78 is 11.3. The second-order valence-corrected chi connectivity index (χ2v) is 11.4. The number of hydrogen-bond acceptors (Lipinski definition) is 11. The molecule has 3 N–H and O–H groups in total. The molecule has 3 heterocycles. The van der Waals surface area contributed by atoms with Crippen molar-refractivity contribution in [1.82, 2.24) is 19.9 Å². The molecule has 1 aromatic carbocycles. The van der Waals surface area contributed by atoms with E-state index in [1.165, 1.54) is 6.20 Å². The summed E-state index contributed by atoms with van der Waals surface area (Å²) in [6.45, 7) is 6.04. The van der Waals surface area contributed by atoms with Crippen LogP contribution in [0.2, 0.25) is 0 Å². The largest absolute Gasteiger partial charge is 0.494 e. The van der Waals surface area contributed by atoms with E-state index in [1.54, 1.807) is 7.11 Å². The van der Waals surface area contributed by atoms with E-state index in [1.807, 2.05) is 65.5 Å². The van der Waals surface area contributed by atoms with Crippen LogP contribution in [0.15, 0.2) is 36.7 Å². The third-order valence-corrected chi connectivity index (χ3v) is 7.83. The molecule has 3 aromatic rings. The van der Waals surface area contributed by atoms with Gasteiger partial charge in [0.2, 0.25) is 5.95 Å². The Morgan fingerprint density at radius 3 is 2.63 bits per heavy atom. The van der Waals surface area contributed by atoms with E-state index in [0.717, 1.165) is 49.4 Å². The molecule has 1 spiro atoms. The smallest absolute Gasteiger partial charge is 0.343 e. The summed E-state index contributed by atoms with van der Waals surface area (Å²) in [5.74, 6) is 0.933. The van der Waals surface area contributed by atoms with Crippen molar-refractivity contribution in [1.29, 1.82) is 0 Å². The number of methoxy groups -OCH3 is 1. The molecule has 5 rings (SSSR count). The first-order chi connectivity index (χ1) is 19.6. The molecule has 0 amide bonds. The molecule has 0 bridgehead atoms. The highest BCUT2D eigenvalue weighted by atomic mass is 16.5. The van der Waals surface area contributed by atoms with Crippen molar-refractivity contribution < 1.29 is 14.3 Å². The first-order valence-corrected chi connectivity index (χ1v) is 14.0. The predicted molar refractivity (Wildman–Crippen MR) is 162 cm³/mol. The van der Waals surface area contributed by atoms with E-state index in [0.29, 0.717) is 41.0 Å². The monoisotopic (exact) mass is 560 g/mol. The minimum atomic E-state index is -0.464. The second-order valence-electron chi connectivity index (χ2n) is 11.4. The number of nitrogens with zero attached hydrogens (tertiary/aromatic N) is 6. The van der Waals surface area contributed by atoms with Gasteiger partial charge in [0.1, 0.15) is 11.3 Å². The van der Waals surface area contributed by atoms with Crippen molar-refractivity contribution in [3.05, 3.63) is 47.9 Å². The van der Waals surface area contributed by atoms with Crippen LogP contribution in [0.25, 0.3) is 0 Å². The van der Waals surface area contributed by atoms with E-state index in [-0.39, 0.29) is 11.5 Å². The van der Waals surface area contributed by atoms with Crippen LogP contribution in [0.4, 0.5) is 34.5 Å². The van der Waals surface area contributed by atoms with Gasteiger partial charge in [0.25, 0.3) is 0 Å². The van der Waals surface area contributed by atoms with E-state index in [4.69, 9.17) is 25.2 Å². The molecule has 1 saturated carbocycles. The summed E-state index contributed by atoms with van der Waals surface area (Å²) >= 11 is 0. The normalized spacial score (nSPS) is 15.2. The summed E-state index contributed by atoms with van der Waals surface area (Å²) in [4.78, 5) is 33.6. The van der Waals surface area contributed by atoms with Crippen molar-refractivity contribution in [2.24, 2.45) is 0 Å². The van der Waals surface area contributed by atoms with Crippen molar-refractivity contribution in [3.8, 4) is 5.75 Å². The molecular weight excluding hydrogens is 520 g/mol. The van der Waals surface area contributed by atoms with Crippen molar-refractivity contribution in [2.45, 2.75) is 44.6 Å². The van der Waals surface area contributed by atoms with Gasteiger partial charge in [0, 0.05) is 50.6 Å². The Bertz CT molecular complexity index is 1420. The Balaban J connectivity index is 1.51. The highest BCUT2D eigenvalue weighted by Gasteiger charge is 2.49. The zero-order valence-electron chi connectivity index (χ0n) is 24.8. The second kappa shape index (κ2) is 11.4. The Hall–Kier alpha value is -4.12. The first kappa shape index (κ1) is 28.4. The zero-order valence-corrected chi connectivity index (χ0v) is 24.8. The van der Waals surface area contributed by atoms with E-state index in [2.05, 4.69) is 25.0 Å². The third-order valence-electron chi connectivity index (χ3n) is 7.83. The number of carbonyl (C=O) groups is 1. The molecule has 0 saturated heterocycles. The number of esters is 1. The summed E-state index contributed by atoms with van der Waals surface area (Å²) in [5.41, 5.74) is 10.9. The number of aromatic nitrogens is 3. The quantitative estimate of drug-likeness (QED) is 0.272. The predicted octanol–water partition coefficient (Wildman–Crippen LogP) is 4.34. The minimum absolute atomic E-state index is 0.0273. The molecule has 1 aliphatic heterocycles. The maximum absolute atomic E-state index is 13.2. The van der Waals surface area contributed by atoms with Crippen molar-refractivity contribution in [3.63, 3.8) is 0 Å². The highest BCUT2D eigenvalue weighted by Crippen LogP contribution is 2.53. The fourth-order valence-corrected chi connectivity index (χ4v) is 5.51. The average molecular weight is 561 g/mol. The van der Waals surface area contributed by atoms with Gasteiger partial charge < -0.3 is 35.2 Å². The maximum atomic E-state index is 13.2. The standard InChI is InChI=1S/C30H40N8O3/c1-19(2)41-28(39)20-17-33-29(34-22-15-21(31)24(16-25(22)40-6)37(5)14-13-36(3)4)35-27(20)38-18-30(10-8-11-30)26-23(38)9-7-12-32-26/h7,9,12,15-17,19H,8,10-11,13-14,18,31H2,1-6H3,(H,33,34,35). The number of pyridine rings is 1. The summed E-state index contributed by atoms with van der Waals surface area (Å²) in [6.07, 6.45) is 6.35. The molecule has 0 unspecified atom stereocenters. The van der Waals surface area contributed by atoms with Crippen LogP contribution >= 0.6 is 0 Å². The first-order valence-electron chi connectivity index (χ1n) is 14.0. The fraction of sp³-hybridized carbons (Fsp3) is 0.467. The summed E-state index contributed by atoms with van der Waals surface area (Å²) in [6, 6.07) is 7.69. The number of nitrogens with two attached hydrogens (primary N) is 1. The van der Waals surface area contributed by atoms with Gasteiger partial charge in [0.15, 0.2) is 5.82 Å². The van der Waals surface area contributed by atoms with Crippen LogP contribution in [0, 0.1) is 0 Å². The van der Waals surface area contributed by atoms with Gasteiger partial charge in [-0.25, -0.2) is 9.78 Å². The van der Waals surface area contributed by atoms with E-state index in [9.17, 15) is 4.79 Å². The molecule has 2 aliphatic rings. The molecule has 41 heavy (non-hydrogen) atoms. The number of nitrogen functional groups attached to an aromatic ring is 1. The lowest BCUT2D eigenvalue weighted by Gasteiger charge is -2.38. The number of likely N-dealkylation sites (N-methyl/N-ethyl adjacent to an activating group) is 2. The van der Waals surface area contributed by atoms with Crippen LogP contribution < -0.4 is 25.6 Å². The van der Waals surface area contributed by atoms with Crippen LogP contribution in [0.5, 0.6) is 5.75 Å². The number of ether oxygens (including phenoxy) is 2. The Morgan fingerprint density at radius 1 is 1.20 bits per heavy atom. The van der Waals surface area contributed by atoms with Gasteiger partial charge in [-0.3, -0.25) is 4.98 Å². The lowest BCUT2D eigenvalue weighted by Crippen LogP contribution is -2.39. The minimum Gasteiger partial charge on any atom is -0.494 e. The summed E-state index contributed by atoms with van der Waals surface area (Å²) in [5, 5.41) is 3.28. The lowest BCUT2D eigenvalue weighted by atomic mass is 9.67. The van der Waals surface area contributed by atoms with Gasteiger partial charge in [0.05, 0.1) is 41.7 Å². The highest BCUT2D eigenvalue weighted by molar-refractivity contribution is 5.96. The molecule has 11 heteroatoms. The van der Waals surface area contributed by atoms with Crippen LogP contribution in [0.1, 0.15) is 49.2 Å². The molecule has 218 valence electrons. The molecule has 0 atom stereocenters. The number of fused-ring (bicyclic) bond motifs is 2. The molecule has 1 aliphatic carbocycles. The number of hydrogen-bond donors (Lipinski definition) is 2. The lowest BCUT2D eigenvalue weighted by molar-refractivity contribution is 0.0378. The molecule has 0 radical (unpaired) electrons. The van der Waals surface area contributed by atoms with Gasteiger partial charge >= 0.3 is 5.97 Å². The molecule has 11 nitrogen and oxygen atoms in total. The van der Waals surface area contributed by atoms with E-state index >= 15 is 0 Å². The number of nitrogens with one attached hydrogen (secondary N) is 1. The van der Waals surface area contributed by atoms with Gasteiger partial charge in [-0.15, -0.1) is 0 Å². The molecule has 1 fully saturated rings. The van der Waals surface area contributed by atoms with Crippen molar-refractivity contribution >= 4 is 40.5 Å².